The van der Waals surface area contributed by atoms with Gasteiger partial charge in [0.25, 0.3) is 5.91 Å². The summed E-state index contributed by atoms with van der Waals surface area (Å²) in [7, 11) is 0. The number of aromatic nitrogens is 4. The Balaban J connectivity index is 1.77. The molecule has 0 saturated carbocycles. The molecule has 2 heterocycles. The fourth-order valence-corrected chi connectivity index (χ4v) is 1.70. The van der Waals surface area contributed by atoms with E-state index in [1.807, 2.05) is 6.07 Å². The number of amides is 1. The molecule has 3 aromatic rings. The quantitative estimate of drug-likeness (QED) is 0.785. The van der Waals surface area contributed by atoms with Crippen molar-refractivity contribution in [1.82, 2.24) is 19.7 Å². The van der Waals surface area contributed by atoms with Gasteiger partial charge in [-0.1, -0.05) is 18.2 Å². The van der Waals surface area contributed by atoms with Crippen molar-refractivity contribution in [1.29, 1.82) is 0 Å². The molecule has 1 N–H and O–H groups in total. The summed E-state index contributed by atoms with van der Waals surface area (Å²) in [6, 6.07) is 12.5. The Bertz CT molecular complexity index is 709. The minimum atomic E-state index is -0.238. The largest absolute Gasteiger partial charge is 0.289 e. The predicted octanol–water partition coefficient (Wildman–Crippen LogP) is 1.91. The summed E-state index contributed by atoms with van der Waals surface area (Å²) >= 11 is 0. The van der Waals surface area contributed by atoms with Gasteiger partial charge in [0.2, 0.25) is 5.95 Å². The van der Waals surface area contributed by atoms with Gasteiger partial charge < -0.3 is 0 Å². The highest BCUT2D eigenvalue weighted by Crippen LogP contribution is 2.07. The van der Waals surface area contributed by atoms with Crippen LogP contribution in [-0.4, -0.2) is 25.7 Å². The van der Waals surface area contributed by atoms with Gasteiger partial charge >= 0.3 is 0 Å². The third kappa shape index (κ3) is 2.54. The van der Waals surface area contributed by atoms with Crippen molar-refractivity contribution in [3.05, 3.63) is 66.7 Å². The van der Waals surface area contributed by atoms with Gasteiger partial charge in [0, 0.05) is 18.0 Å². The van der Waals surface area contributed by atoms with Gasteiger partial charge in [0.15, 0.2) is 0 Å². The van der Waals surface area contributed by atoms with E-state index in [-0.39, 0.29) is 11.9 Å². The van der Waals surface area contributed by atoms with Crippen LogP contribution in [0.1, 0.15) is 10.4 Å². The van der Waals surface area contributed by atoms with Crippen molar-refractivity contribution in [2.24, 2.45) is 0 Å². The first-order valence-electron chi connectivity index (χ1n) is 6.01. The maximum Gasteiger partial charge on any atom is 0.258 e. The number of pyridine rings is 1. The highest BCUT2D eigenvalue weighted by molar-refractivity contribution is 6.03. The molecule has 0 aliphatic carbocycles. The molecule has 0 spiro atoms. The van der Waals surface area contributed by atoms with Crippen molar-refractivity contribution in [3.8, 4) is 5.69 Å². The van der Waals surface area contributed by atoms with Crippen LogP contribution in [0.4, 0.5) is 5.95 Å². The van der Waals surface area contributed by atoms with Crippen LogP contribution in [0.3, 0.4) is 0 Å². The molecule has 0 atom stereocenters. The fourth-order valence-electron chi connectivity index (χ4n) is 1.70. The number of anilines is 1. The Hall–Kier alpha value is -3.02. The van der Waals surface area contributed by atoms with Crippen LogP contribution in [0.5, 0.6) is 0 Å². The lowest BCUT2D eigenvalue weighted by molar-refractivity contribution is 0.102. The van der Waals surface area contributed by atoms with Crippen molar-refractivity contribution in [2.75, 3.05) is 5.32 Å². The van der Waals surface area contributed by atoms with E-state index in [1.54, 1.807) is 53.5 Å². The van der Waals surface area contributed by atoms with Crippen LogP contribution in [0.15, 0.2) is 61.2 Å². The Morgan fingerprint density at radius 2 is 1.80 bits per heavy atom. The zero-order chi connectivity index (χ0) is 13.8. The first kappa shape index (κ1) is 12.0. The molecule has 0 bridgehead atoms. The zero-order valence-corrected chi connectivity index (χ0v) is 10.5. The molecule has 3 rings (SSSR count). The van der Waals surface area contributed by atoms with Gasteiger partial charge in [-0.2, -0.15) is 4.98 Å². The number of nitrogens with zero attached hydrogens (tertiary/aromatic N) is 4. The van der Waals surface area contributed by atoms with Crippen LogP contribution in [0, 0.1) is 0 Å². The molecular weight excluding hydrogens is 254 g/mol. The number of hydrogen-bond donors (Lipinski definition) is 1. The number of benzene rings is 1. The van der Waals surface area contributed by atoms with Crippen LogP contribution in [0.2, 0.25) is 0 Å². The maximum absolute atomic E-state index is 11.9. The second-order valence-corrected chi connectivity index (χ2v) is 4.04. The highest BCUT2D eigenvalue weighted by atomic mass is 16.1. The molecule has 0 unspecified atom stereocenters. The van der Waals surface area contributed by atoms with Crippen molar-refractivity contribution in [2.45, 2.75) is 0 Å². The summed E-state index contributed by atoms with van der Waals surface area (Å²) in [6.07, 6.45) is 4.87. The number of hydrogen-bond acceptors (Lipinski definition) is 4. The van der Waals surface area contributed by atoms with E-state index in [4.69, 9.17) is 0 Å². The average Bonchev–Trinajstić information content (AvgIpc) is 2.97. The van der Waals surface area contributed by atoms with Crippen LogP contribution >= 0.6 is 0 Å². The molecule has 0 radical (unpaired) electrons. The molecule has 1 amide bonds. The summed E-state index contributed by atoms with van der Waals surface area (Å²) in [5.74, 6) is 0.0220. The summed E-state index contributed by atoms with van der Waals surface area (Å²) in [5, 5.41) is 6.84. The van der Waals surface area contributed by atoms with Gasteiger partial charge in [-0.15, -0.1) is 5.10 Å². The van der Waals surface area contributed by atoms with E-state index < -0.39 is 0 Å². The molecule has 20 heavy (non-hydrogen) atoms. The number of carbonyl (C=O) groups excluding carboxylic acids is 1. The monoisotopic (exact) mass is 265 g/mol. The lowest BCUT2D eigenvalue weighted by Crippen LogP contribution is -2.13. The van der Waals surface area contributed by atoms with Crippen LogP contribution < -0.4 is 5.32 Å². The van der Waals surface area contributed by atoms with E-state index in [9.17, 15) is 4.79 Å². The summed E-state index contributed by atoms with van der Waals surface area (Å²) < 4.78 is 1.57. The Morgan fingerprint density at radius 1 is 1.05 bits per heavy atom. The summed E-state index contributed by atoms with van der Waals surface area (Å²) in [6.45, 7) is 0. The minimum absolute atomic E-state index is 0.238. The molecule has 98 valence electrons. The highest BCUT2D eigenvalue weighted by Gasteiger charge is 2.08. The molecule has 0 fully saturated rings. The molecule has 1 aromatic carbocycles. The number of rotatable bonds is 3. The Kier molecular flexibility index (Phi) is 3.20. The van der Waals surface area contributed by atoms with Crippen molar-refractivity contribution in [3.63, 3.8) is 0 Å². The third-order valence-corrected chi connectivity index (χ3v) is 2.68. The first-order valence-corrected chi connectivity index (χ1v) is 6.01. The second kappa shape index (κ2) is 5.31. The summed E-state index contributed by atoms with van der Waals surface area (Å²) in [5.41, 5.74) is 1.39. The molecule has 2 aromatic heterocycles. The third-order valence-electron chi connectivity index (χ3n) is 2.68. The van der Waals surface area contributed by atoms with Crippen molar-refractivity contribution >= 4 is 11.9 Å². The smallest absolute Gasteiger partial charge is 0.258 e. The predicted molar refractivity (Wildman–Crippen MR) is 73.5 cm³/mol. The van der Waals surface area contributed by atoms with E-state index in [0.29, 0.717) is 5.56 Å². The van der Waals surface area contributed by atoms with Crippen molar-refractivity contribution < 1.29 is 4.79 Å². The number of nitrogens with one attached hydrogen (secondary N) is 1. The lowest BCUT2D eigenvalue weighted by atomic mass is 10.2. The summed E-state index contributed by atoms with van der Waals surface area (Å²) in [4.78, 5) is 19.9. The zero-order valence-electron chi connectivity index (χ0n) is 10.5. The molecule has 0 saturated heterocycles. The standard InChI is InChI=1S/C14H11N5O/c20-13(11-4-2-1-3-5-11)17-14-16-10-19(18-14)12-6-8-15-9-7-12/h1-10H,(H,17,18,20). The van der Waals surface area contributed by atoms with E-state index in [1.165, 1.54) is 6.33 Å². The molecular formula is C14H11N5O. The van der Waals surface area contributed by atoms with Crippen LogP contribution in [0.25, 0.3) is 5.69 Å². The normalized spacial score (nSPS) is 10.2. The SMILES string of the molecule is O=C(Nc1ncn(-c2ccncc2)n1)c1ccccc1. The molecule has 6 heteroatoms. The average molecular weight is 265 g/mol. The fraction of sp³-hybridized carbons (Fsp3) is 0. The van der Waals surface area contributed by atoms with Gasteiger partial charge in [0.1, 0.15) is 6.33 Å². The van der Waals surface area contributed by atoms with Gasteiger partial charge in [0.05, 0.1) is 5.69 Å². The van der Waals surface area contributed by atoms with E-state index >= 15 is 0 Å². The van der Waals surface area contributed by atoms with E-state index in [2.05, 4.69) is 20.4 Å². The molecule has 0 aliphatic heterocycles. The van der Waals surface area contributed by atoms with E-state index in [0.717, 1.165) is 5.69 Å². The molecule has 0 aliphatic rings. The molecule has 6 nitrogen and oxygen atoms in total. The first-order chi connectivity index (χ1) is 9.83. The minimum Gasteiger partial charge on any atom is -0.289 e. The van der Waals surface area contributed by atoms with Crippen LogP contribution in [-0.2, 0) is 0 Å². The Labute approximate surface area is 115 Å². The number of carbonyl (C=O) groups is 1. The van der Waals surface area contributed by atoms with Gasteiger partial charge in [-0.05, 0) is 24.3 Å². The topological polar surface area (TPSA) is 72.7 Å². The van der Waals surface area contributed by atoms with Gasteiger partial charge in [-0.25, -0.2) is 4.68 Å². The second-order valence-electron chi connectivity index (χ2n) is 4.04. The van der Waals surface area contributed by atoms with Gasteiger partial charge in [-0.3, -0.25) is 15.1 Å². The maximum atomic E-state index is 11.9. The lowest BCUT2D eigenvalue weighted by Gasteiger charge is -2.00. The Morgan fingerprint density at radius 3 is 2.55 bits per heavy atom.